The van der Waals surface area contributed by atoms with Gasteiger partial charge >= 0.3 is 6.09 Å². The molecular formula is C22H31FN2O3. The van der Waals surface area contributed by atoms with Crippen LogP contribution in [-0.2, 0) is 9.53 Å². The maximum Gasteiger partial charge on any atom is 0.410 e. The zero-order valence-corrected chi connectivity index (χ0v) is 17.1. The first kappa shape index (κ1) is 20.6. The molecule has 6 heteroatoms. The Hall–Kier alpha value is -2.11. The molecule has 2 saturated heterocycles. The first-order valence-corrected chi connectivity index (χ1v) is 10.2. The minimum absolute atomic E-state index is 0.0260. The van der Waals surface area contributed by atoms with E-state index in [0.717, 1.165) is 18.4 Å². The van der Waals surface area contributed by atoms with Crippen molar-refractivity contribution in [2.45, 2.75) is 45.1 Å². The Balaban J connectivity index is 1.79. The number of benzene rings is 1. The van der Waals surface area contributed by atoms with Crippen LogP contribution in [0.3, 0.4) is 0 Å². The predicted molar refractivity (Wildman–Crippen MR) is 106 cm³/mol. The van der Waals surface area contributed by atoms with E-state index in [1.54, 1.807) is 9.80 Å². The summed E-state index contributed by atoms with van der Waals surface area (Å²) in [5, 5.41) is 0. The molecule has 2 fully saturated rings. The number of nitrogens with zero attached hydrogens (tertiary/aromatic N) is 2. The van der Waals surface area contributed by atoms with Gasteiger partial charge in [0, 0.05) is 38.0 Å². The monoisotopic (exact) mass is 390 g/mol. The van der Waals surface area contributed by atoms with Crippen LogP contribution in [0.2, 0.25) is 0 Å². The molecule has 2 heterocycles. The van der Waals surface area contributed by atoms with Crippen LogP contribution in [0, 0.1) is 11.8 Å². The van der Waals surface area contributed by atoms with E-state index < -0.39 is 5.60 Å². The molecule has 0 N–H and O–H groups in total. The molecule has 3 rings (SSSR count). The van der Waals surface area contributed by atoms with Crippen molar-refractivity contribution in [3.05, 3.63) is 35.9 Å². The van der Waals surface area contributed by atoms with Gasteiger partial charge in [0.25, 0.3) is 0 Å². The van der Waals surface area contributed by atoms with Crippen molar-refractivity contribution in [3.8, 4) is 0 Å². The maximum absolute atomic E-state index is 13.3. The summed E-state index contributed by atoms with van der Waals surface area (Å²) < 4.78 is 18.7. The van der Waals surface area contributed by atoms with Gasteiger partial charge in [0.1, 0.15) is 5.60 Å². The molecule has 2 amide bonds. The average molecular weight is 390 g/mol. The van der Waals surface area contributed by atoms with Crippen LogP contribution in [0.1, 0.15) is 45.1 Å². The van der Waals surface area contributed by atoms with Crippen LogP contribution < -0.4 is 0 Å². The fraction of sp³-hybridized carbons (Fsp3) is 0.636. The van der Waals surface area contributed by atoms with Gasteiger partial charge in [0.2, 0.25) is 5.91 Å². The van der Waals surface area contributed by atoms with Crippen LogP contribution in [0.15, 0.2) is 30.3 Å². The molecule has 0 spiro atoms. The lowest BCUT2D eigenvalue weighted by Gasteiger charge is -2.34. The molecule has 0 saturated carbocycles. The Morgan fingerprint density at radius 3 is 2.46 bits per heavy atom. The molecule has 0 bridgehead atoms. The fourth-order valence-electron chi connectivity index (χ4n) is 4.19. The number of hydrogen-bond donors (Lipinski definition) is 0. The van der Waals surface area contributed by atoms with E-state index in [9.17, 15) is 14.0 Å². The lowest BCUT2D eigenvalue weighted by molar-refractivity contribution is -0.137. The first-order valence-electron chi connectivity index (χ1n) is 10.2. The topological polar surface area (TPSA) is 49.9 Å². The van der Waals surface area contributed by atoms with E-state index in [1.165, 1.54) is 0 Å². The highest BCUT2D eigenvalue weighted by Gasteiger charge is 2.43. The lowest BCUT2D eigenvalue weighted by Crippen LogP contribution is -2.45. The number of carbonyl (C=O) groups is 2. The SMILES string of the molecule is CC(C)(C)OC(=O)N1CC(C(=O)N2CCCC(CF)C2)C(c2ccccc2)C1. The number of hydrogen-bond acceptors (Lipinski definition) is 3. The molecule has 154 valence electrons. The van der Waals surface area contributed by atoms with Crippen molar-refractivity contribution in [3.63, 3.8) is 0 Å². The fourth-order valence-corrected chi connectivity index (χ4v) is 4.19. The van der Waals surface area contributed by atoms with Gasteiger partial charge in [0.05, 0.1) is 12.6 Å². The van der Waals surface area contributed by atoms with Crippen molar-refractivity contribution in [2.75, 3.05) is 32.9 Å². The predicted octanol–water partition coefficient (Wildman–Crippen LogP) is 3.85. The molecule has 5 nitrogen and oxygen atoms in total. The number of carbonyl (C=O) groups excluding carboxylic acids is 2. The summed E-state index contributed by atoms with van der Waals surface area (Å²) in [6.07, 6.45) is 1.28. The minimum Gasteiger partial charge on any atom is -0.444 e. The largest absolute Gasteiger partial charge is 0.444 e. The van der Waals surface area contributed by atoms with E-state index in [4.69, 9.17) is 4.74 Å². The smallest absolute Gasteiger partial charge is 0.410 e. The van der Waals surface area contributed by atoms with Crippen LogP contribution >= 0.6 is 0 Å². The summed E-state index contributed by atoms with van der Waals surface area (Å²) in [6, 6.07) is 9.85. The maximum atomic E-state index is 13.3. The standard InChI is InChI=1S/C22H31FN2O3/c1-22(2,3)28-21(27)25-14-18(17-9-5-4-6-10-17)19(15-25)20(26)24-11-7-8-16(12-23)13-24/h4-6,9-10,16,18-19H,7-8,11-15H2,1-3H3. The summed E-state index contributed by atoms with van der Waals surface area (Å²) in [5.41, 5.74) is 0.466. The van der Waals surface area contributed by atoms with Crippen LogP contribution in [0.4, 0.5) is 9.18 Å². The minimum atomic E-state index is -0.581. The summed E-state index contributed by atoms with van der Waals surface area (Å²) in [6.45, 7) is 7.05. The van der Waals surface area contributed by atoms with Gasteiger partial charge in [-0.25, -0.2) is 4.79 Å². The van der Waals surface area contributed by atoms with E-state index in [-0.39, 0.29) is 36.4 Å². The number of ether oxygens (including phenoxy) is 1. The molecule has 0 aromatic heterocycles. The zero-order valence-electron chi connectivity index (χ0n) is 17.1. The van der Waals surface area contributed by atoms with Crippen molar-refractivity contribution in [2.24, 2.45) is 11.8 Å². The molecule has 3 unspecified atom stereocenters. The van der Waals surface area contributed by atoms with Crippen molar-refractivity contribution < 1.29 is 18.7 Å². The second kappa shape index (κ2) is 8.50. The number of likely N-dealkylation sites (tertiary alicyclic amines) is 2. The van der Waals surface area contributed by atoms with Gasteiger partial charge in [-0.15, -0.1) is 0 Å². The molecular weight excluding hydrogens is 359 g/mol. The first-order chi connectivity index (χ1) is 13.3. The van der Waals surface area contributed by atoms with Gasteiger partial charge in [-0.05, 0) is 39.2 Å². The van der Waals surface area contributed by atoms with Crippen LogP contribution in [0.5, 0.6) is 0 Å². The summed E-state index contributed by atoms with van der Waals surface area (Å²) >= 11 is 0. The normalized spacial score (nSPS) is 25.6. The third-order valence-electron chi connectivity index (χ3n) is 5.57. The van der Waals surface area contributed by atoms with Gasteiger partial charge in [-0.3, -0.25) is 9.18 Å². The van der Waals surface area contributed by atoms with Crippen LogP contribution in [0.25, 0.3) is 0 Å². The van der Waals surface area contributed by atoms with Crippen molar-refractivity contribution in [1.29, 1.82) is 0 Å². The Bertz CT molecular complexity index is 689. The third kappa shape index (κ3) is 4.83. The van der Waals surface area contributed by atoms with E-state index in [1.807, 2.05) is 51.1 Å². The van der Waals surface area contributed by atoms with Crippen LogP contribution in [-0.4, -0.2) is 60.3 Å². The van der Waals surface area contributed by atoms with Gasteiger partial charge in [0.15, 0.2) is 0 Å². The van der Waals surface area contributed by atoms with E-state index >= 15 is 0 Å². The van der Waals surface area contributed by atoms with E-state index in [0.29, 0.717) is 26.2 Å². The highest BCUT2D eigenvalue weighted by Crippen LogP contribution is 2.35. The molecule has 2 aliphatic heterocycles. The Morgan fingerprint density at radius 1 is 1.11 bits per heavy atom. The molecule has 3 atom stereocenters. The number of alkyl halides is 1. The number of rotatable bonds is 3. The number of piperidine rings is 1. The zero-order chi connectivity index (χ0) is 20.3. The quantitative estimate of drug-likeness (QED) is 0.788. The summed E-state index contributed by atoms with van der Waals surface area (Å²) in [4.78, 5) is 29.4. The van der Waals surface area contributed by atoms with Crippen molar-refractivity contribution >= 4 is 12.0 Å². The summed E-state index contributed by atoms with van der Waals surface area (Å²) in [5.74, 6) is -0.449. The molecule has 0 aliphatic carbocycles. The van der Waals surface area contributed by atoms with Gasteiger partial charge in [-0.1, -0.05) is 30.3 Å². The summed E-state index contributed by atoms with van der Waals surface area (Å²) in [7, 11) is 0. The Kier molecular flexibility index (Phi) is 6.26. The molecule has 2 aliphatic rings. The number of halogens is 1. The highest BCUT2D eigenvalue weighted by atomic mass is 19.1. The second-order valence-corrected chi connectivity index (χ2v) is 8.96. The van der Waals surface area contributed by atoms with Gasteiger partial charge in [-0.2, -0.15) is 0 Å². The third-order valence-corrected chi connectivity index (χ3v) is 5.57. The molecule has 1 aromatic rings. The average Bonchev–Trinajstić information content (AvgIpc) is 3.12. The second-order valence-electron chi connectivity index (χ2n) is 8.96. The van der Waals surface area contributed by atoms with E-state index in [2.05, 4.69) is 0 Å². The van der Waals surface area contributed by atoms with Gasteiger partial charge < -0.3 is 14.5 Å². The molecule has 0 radical (unpaired) electrons. The van der Waals surface area contributed by atoms with Crippen molar-refractivity contribution in [1.82, 2.24) is 9.80 Å². The Morgan fingerprint density at radius 2 is 1.82 bits per heavy atom. The highest BCUT2D eigenvalue weighted by molar-refractivity contribution is 5.82. The molecule has 28 heavy (non-hydrogen) atoms. The Labute approximate surface area is 166 Å². The number of amides is 2. The molecule has 1 aromatic carbocycles. The lowest BCUT2D eigenvalue weighted by atomic mass is 9.87.